The molecule has 4 fully saturated rings. The van der Waals surface area contributed by atoms with Gasteiger partial charge in [0.1, 0.15) is 91.8 Å². The lowest BCUT2D eigenvalue weighted by molar-refractivity contribution is -0.745. The molecule has 8 aromatic rings. The largest absolute Gasteiger partial charge is 0.780 e. The molecule has 12 heterocycles. The first kappa shape index (κ1) is 71.5. The van der Waals surface area contributed by atoms with Crippen LogP contribution in [0.5, 0.6) is 0 Å². The van der Waals surface area contributed by atoms with Gasteiger partial charge in [-0.25, -0.2) is 47.7 Å². The Hall–Kier alpha value is -6.35. The third-order valence-electron chi connectivity index (χ3n) is 15.3. The van der Waals surface area contributed by atoms with E-state index in [-0.39, 0.29) is 56.6 Å². The molecular formula is C43H56N19O30P5S. The summed E-state index contributed by atoms with van der Waals surface area (Å²) in [7, 11) is -20.1. The zero-order valence-corrected chi connectivity index (χ0v) is 55.1. The second-order valence-corrected chi connectivity index (χ2v) is 30.4. The fourth-order valence-electron chi connectivity index (χ4n) is 11.2. The number of aromatic nitrogens is 16. The summed E-state index contributed by atoms with van der Waals surface area (Å²) in [5, 5.41) is 45.0. The number of nitrogen functional groups attached to an aromatic ring is 3. The number of ether oxygens (including phenoxy) is 6. The molecule has 0 bridgehead atoms. The van der Waals surface area contributed by atoms with E-state index in [9.17, 15) is 77.5 Å². The summed E-state index contributed by atoms with van der Waals surface area (Å²) in [6, 6.07) is 0. The number of phosphoric ester groups is 3. The van der Waals surface area contributed by atoms with Gasteiger partial charge in [-0.2, -0.15) is 18.6 Å². The van der Waals surface area contributed by atoms with Gasteiger partial charge in [0, 0.05) is 14.2 Å². The average Bonchev–Trinajstić information content (AvgIpc) is 1.63. The first-order valence-corrected chi connectivity index (χ1v) is 36.4. The minimum atomic E-state index is -6.26. The number of imidazole rings is 4. The van der Waals surface area contributed by atoms with Crippen molar-refractivity contribution in [2.24, 2.45) is 7.05 Å². The van der Waals surface area contributed by atoms with Gasteiger partial charge in [-0.1, -0.05) is 16.8 Å². The van der Waals surface area contributed by atoms with Crippen molar-refractivity contribution in [2.45, 2.75) is 98.2 Å². The summed E-state index contributed by atoms with van der Waals surface area (Å²) in [6.45, 7) is -9.69. The number of aryl methyl sites for hydroxylation is 1. The number of hydrogen-bond donors (Lipinski definition) is 14. The van der Waals surface area contributed by atoms with Gasteiger partial charge in [0.15, 0.2) is 53.0 Å². The molecule has 21 unspecified atom stereocenters. The lowest BCUT2D eigenvalue weighted by Gasteiger charge is -2.35. The highest BCUT2D eigenvalue weighted by Gasteiger charge is 2.55. The number of anilines is 3. The Morgan fingerprint density at radius 1 is 0.582 bits per heavy atom. The number of H-pyrrole nitrogens is 3. The molecule has 12 rings (SSSR count). The van der Waals surface area contributed by atoms with Crippen LogP contribution in [0, 0.1) is 0 Å². The third-order valence-corrected chi connectivity index (χ3v) is 22.1. The van der Waals surface area contributed by atoms with Crippen molar-refractivity contribution in [1.82, 2.24) is 73.1 Å². The van der Waals surface area contributed by atoms with Crippen molar-refractivity contribution < 1.29 is 132 Å². The van der Waals surface area contributed by atoms with Crippen LogP contribution in [0.1, 0.15) is 24.9 Å². The number of hydrogen-bond acceptors (Lipinski definition) is 38. The van der Waals surface area contributed by atoms with Crippen LogP contribution in [0.2, 0.25) is 0 Å². The summed E-state index contributed by atoms with van der Waals surface area (Å²) in [4.78, 5) is 135. The minimum absolute atomic E-state index is 0.000159. The highest BCUT2D eigenvalue weighted by molar-refractivity contribution is 8.06. The Balaban J connectivity index is 0.736. The Kier molecular flexibility index (Phi) is 19.8. The monoisotopic (exact) mass is 1510 g/mol. The molecule has 55 heteroatoms. The predicted octanol–water partition coefficient (Wildman–Crippen LogP) is -5.68. The summed E-state index contributed by atoms with van der Waals surface area (Å²) in [5.74, 6) is -1.07. The Morgan fingerprint density at radius 3 is 1.69 bits per heavy atom. The van der Waals surface area contributed by atoms with Crippen molar-refractivity contribution in [3.05, 3.63) is 68.9 Å². The summed E-state index contributed by atoms with van der Waals surface area (Å²) >= 11 is 5.31. The van der Waals surface area contributed by atoms with E-state index in [1.807, 2.05) is 0 Å². The maximum atomic E-state index is 14.6. The summed E-state index contributed by atoms with van der Waals surface area (Å²) < 4.78 is 135. The van der Waals surface area contributed by atoms with Crippen molar-refractivity contribution >= 4 is 112 Å². The van der Waals surface area contributed by atoms with E-state index in [2.05, 4.69) is 63.4 Å². The number of nitrogens with one attached hydrogen (secondary N) is 3. The SMILES string of the molecule is COC1C(COP(=O)(O)OP(=O)(O)OP(=O)(O)OCC2OC(n3cnc4cncnc43)C(OC)C2OP([O-])(=S)OCC2OC(n3cnc4c(=O)[nH]c(N)nc43)C(O)C2OP(=O)(O)OCC2OC(n3cnc4c(=O)[nH]c(N)nc43)C(O)C2O)OC([n+]2cn(C)c3c(=O)[nH]c(N)nc32)C1O. The van der Waals surface area contributed by atoms with E-state index >= 15 is 0 Å². The molecule has 4 aliphatic rings. The van der Waals surface area contributed by atoms with E-state index < -0.39 is 185 Å². The molecule has 0 spiro atoms. The quantitative estimate of drug-likeness (QED) is 0.0177. The molecule has 0 amide bonds. The Bertz CT molecular complexity index is 4790. The highest BCUT2D eigenvalue weighted by Crippen LogP contribution is 2.68. The molecule has 0 aliphatic carbocycles. The normalized spacial score (nSPS) is 30.7. The van der Waals surface area contributed by atoms with Gasteiger partial charge >= 0.3 is 36.9 Å². The smallest absolute Gasteiger partial charge is 0.490 e. The molecule has 17 N–H and O–H groups in total. The maximum Gasteiger partial charge on any atom is 0.490 e. The number of fused-ring (bicyclic) bond motifs is 4. The maximum absolute atomic E-state index is 14.6. The number of rotatable bonds is 26. The molecule has 8 aromatic heterocycles. The first-order valence-electron chi connectivity index (χ1n) is 27.9. The first-order chi connectivity index (χ1) is 46.1. The molecule has 0 saturated carbocycles. The zero-order chi connectivity index (χ0) is 70.5. The molecule has 98 heavy (non-hydrogen) atoms. The standard InChI is InChI=1S/C43H56N19O30P5S/c1-58-13-62(33-21(58)36(69)57-43(46)54-33)39-24(65)26(79-2)16(86-39)6-82-94(72,73)91-96(76,77)92-95(74,75)83-7-18-28(29(80-3)40(88-18)59-10-49-14-4-47-9-48-30(14)59)90-97(78,98)84-8-17-27(25(66)38(87-17)61-12-51-20-32(61)53-42(45)56-35(20)68)89-93(70,71)81-5-15-22(63)23(64)37(85-15)60-11-50-19-31(60)52-41(44)55-34(19)67/h4,9-13,15-18,22-29,37-40,63-66H,5-8H2,1-3H3,(H13-,44,45,46,52,53,54,55,56,57,67,68,69,70,71,72,73,74,75,76,77,78,98). The van der Waals surface area contributed by atoms with Gasteiger partial charge in [-0.05, 0) is 0 Å². The summed E-state index contributed by atoms with van der Waals surface area (Å²) in [5.41, 5.74) is 14.1. The van der Waals surface area contributed by atoms with Gasteiger partial charge in [0.25, 0.3) is 22.6 Å². The Morgan fingerprint density at radius 2 is 1.08 bits per heavy atom. The molecule has 49 nitrogen and oxygen atoms in total. The number of aliphatic hydroxyl groups is 4. The van der Waals surface area contributed by atoms with Crippen LogP contribution >= 0.6 is 38.0 Å². The number of nitrogens with zero attached hydrogens (tertiary/aromatic N) is 13. The molecule has 4 aliphatic heterocycles. The van der Waals surface area contributed by atoms with Gasteiger partial charge < -0.3 is 99.6 Å². The lowest BCUT2D eigenvalue weighted by atomic mass is 10.1. The van der Waals surface area contributed by atoms with Crippen molar-refractivity contribution in [3.63, 3.8) is 0 Å². The van der Waals surface area contributed by atoms with Gasteiger partial charge in [0.05, 0.1) is 58.7 Å². The minimum Gasteiger partial charge on any atom is -0.780 e. The highest BCUT2D eigenvalue weighted by atomic mass is 32.5. The van der Waals surface area contributed by atoms with Gasteiger partial charge in [0.2, 0.25) is 23.6 Å². The second-order valence-electron chi connectivity index (χ2n) is 21.6. The number of aliphatic hydroxyl groups excluding tert-OH is 4. The third kappa shape index (κ3) is 14.3. The van der Waals surface area contributed by atoms with E-state index in [0.717, 1.165) is 42.3 Å². The lowest BCUT2D eigenvalue weighted by Crippen LogP contribution is -2.46. The van der Waals surface area contributed by atoms with E-state index in [4.69, 9.17) is 84.6 Å². The molecule has 21 atom stereocenters. The van der Waals surface area contributed by atoms with Crippen molar-refractivity contribution in [1.29, 1.82) is 0 Å². The topological polar surface area (TPSA) is 686 Å². The number of aromatic amines is 3. The van der Waals surface area contributed by atoms with E-state index in [1.54, 1.807) is 0 Å². The van der Waals surface area contributed by atoms with Crippen LogP contribution in [0.3, 0.4) is 0 Å². The van der Waals surface area contributed by atoms with Crippen LogP contribution in [0.25, 0.3) is 44.7 Å². The molecule has 4 saturated heterocycles. The van der Waals surface area contributed by atoms with Crippen LogP contribution in [-0.4, -0.2) is 227 Å². The number of methoxy groups -OCH3 is 2. The fourth-order valence-corrected chi connectivity index (χ4v) is 17.1. The van der Waals surface area contributed by atoms with Crippen molar-refractivity contribution in [2.75, 3.05) is 57.8 Å². The van der Waals surface area contributed by atoms with Crippen LogP contribution in [0.4, 0.5) is 17.8 Å². The van der Waals surface area contributed by atoms with Crippen molar-refractivity contribution in [3.8, 4) is 0 Å². The fraction of sp³-hybridized carbons (Fsp3) is 0.535. The van der Waals surface area contributed by atoms with Crippen LogP contribution < -0.4 is 43.3 Å². The number of nitrogens with two attached hydrogens (primary N) is 3. The zero-order valence-electron chi connectivity index (χ0n) is 49.8. The average molecular weight is 1510 g/mol. The molecule has 0 radical (unpaired) electrons. The van der Waals surface area contributed by atoms with Gasteiger partial charge in [-0.15, -0.1) is 0 Å². The molecular weight excluding hydrogens is 1450 g/mol. The second kappa shape index (κ2) is 27.2. The van der Waals surface area contributed by atoms with Crippen LogP contribution in [-0.2, 0) is 101 Å². The molecule has 534 valence electrons. The Labute approximate surface area is 547 Å². The number of phosphoric acid groups is 4. The van der Waals surface area contributed by atoms with Crippen LogP contribution in [0.15, 0.2) is 52.2 Å². The van der Waals surface area contributed by atoms with E-state index in [0.29, 0.717) is 0 Å². The summed E-state index contributed by atoms with van der Waals surface area (Å²) in [6.07, 6.45) is -20.6. The van der Waals surface area contributed by atoms with Gasteiger partial charge in [-0.3, -0.25) is 65.7 Å². The predicted molar refractivity (Wildman–Crippen MR) is 317 cm³/mol. The van der Waals surface area contributed by atoms with E-state index in [1.165, 1.54) is 39.6 Å². The molecule has 0 aromatic carbocycles.